The fraction of sp³-hybridized carbons (Fsp3) is 0.450. The molecule has 1 heterocycles. The highest BCUT2D eigenvalue weighted by Crippen LogP contribution is 2.13. The third kappa shape index (κ3) is 5.72. The Morgan fingerprint density at radius 3 is 2.81 bits per heavy atom. The number of nitrogens with one attached hydrogen (secondary N) is 1. The Labute approximate surface area is 155 Å². The van der Waals surface area contributed by atoms with Crippen LogP contribution in [0, 0.1) is 6.92 Å². The molecule has 0 spiro atoms. The standard InChI is InChI=1S/C20H28N4O2/c1-5-6-12-24(3)19(25)18-13-15(2)22-20(23-18)21-11-10-16-8-7-9-17(14-16)26-4/h7-9,13-14H,5-6,10-12H2,1-4H3,(H,21,22,23). The molecule has 0 aliphatic heterocycles. The number of methoxy groups -OCH3 is 1. The SMILES string of the molecule is CCCCN(C)C(=O)c1cc(C)nc(NCCc2cccc(OC)c2)n1. The highest BCUT2D eigenvalue weighted by molar-refractivity contribution is 5.92. The van der Waals surface area contributed by atoms with E-state index in [0.29, 0.717) is 18.2 Å². The predicted octanol–water partition coefficient (Wildman–Crippen LogP) is 3.32. The zero-order valence-electron chi connectivity index (χ0n) is 16.1. The number of nitrogens with zero attached hydrogens (tertiary/aromatic N) is 3. The zero-order chi connectivity index (χ0) is 18.9. The number of anilines is 1. The van der Waals surface area contributed by atoms with Gasteiger partial charge in [-0.15, -0.1) is 0 Å². The molecule has 2 aromatic rings. The molecule has 0 saturated heterocycles. The van der Waals surface area contributed by atoms with E-state index in [0.717, 1.165) is 37.3 Å². The van der Waals surface area contributed by atoms with Gasteiger partial charge in [0.25, 0.3) is 5.91 Å². The monoisotopic (exact) mass is 356 g/mol. The molecule has 0 saturated carbocycles. The summed E-state index contributed by atoms with van der Waals surface area (Å²) in [5, 5.41) is 3.22. The van der Waals surface area contributed by atoms with Gasteiger partial charge in [-0.25, -0.2) is 9.97 Å². The second-order valence-corrected chi connectivity index (χ2v) is 6.33. The Balaban J connectivity index is 1.99. The van der Waals surface area contributed by atoms with Crippen LogP contribution in [-0.4, -0.2) is 48.0 Å². The van der Waals surface area contributed by atoms with Crippen molar-refractivity contribution in [2.75, 3.05) is 32.6 Å². The first kappa shape index (κ1) is 19.7. The van der Waals surface area contributed by atoms with Crippen LogP contribution in [0.2, 0.25) is 0 Å². The Kier molecular flexibility index (Phi) is 7.38. The minimum absolute atomic E-state index is 0.0696. The average molecular weight is 356 g/mol. The second kappa shape index (κ2) is 9.75. The average Bonchev–Trinajstić information content (AvgIpc) is 2.65. The number of aromatic nitrogens is 2. The lowest BCUT2D eigenvalue weighted by atomic mass is 10.1. The predicted molar refractivity (Wildman–Crippen MR) is 104 cm³/mol. The Morgan fingerprint density at radius 2 is 2.08 bits per heavy atom. The number of hydrogen-bond acceptors (Lipinski definition) is 5. The maximum Gasteiger partial charge on any atom is 0.272 e. The van der Waals surface area contributed by atoms with Gasteiger partial charge in [0.2, 0.25) is 5.95 Å². The molecule has 0 aliphatic carbocycles. The van der Waals surface area contributed by atoms with Crippen molar-refractivity contribution in [1.29, 1.82) is 0 Å². The van der Waals surface area contributed by atoms with Crippen LogP contribution in [0.1, 0.15) is 41.5 Å². The normalized spacial score (nSPS) is 10.5. The van der Waals surface area contributed by atoms with Crippen molar-refractivity contribution in [2.24, 2.45) is 0 Å². The Bertz CT molecular complexity index is 734. The van der Waals surface area contributed by atoms with Crippen molar-refractivity contribution in [3.05, 3.63) is 47.3 Å². The molecule has 6 heteroatoms. The van der Waals surface area contributed by atoms with Gasteiger partial charge < -0.3 is 15.0 Å². The summed E-state index contributed by atoms with van der Waals surface area (Å²) in [6, 6.07) is 9.70. The molecule has 1 N–H and O–H groups in total. The van der Waals surface area contributed by atoms with Crippen LogP contribution in [0.15, 0.2) is 30.3 Å². The summed E-state index contributed by atoms with van der Waals surface area (Å²) < 4.78 is 5.24. The first-order chi connectivity index (χ1) is 12.5. The molecule has 0 bridgehead atoms. The van der Waals surface area contributed by atoms with Gasteiger partial charge in [-0.2, -0.15) is 0 Å². The van der Waals surface area contributed by atoms with Gasteiger partial charge in [-0.1, -0.05) is 25.5 Å². The lowest BCUT2D eigenvalue weighted by Gasteiger charge is -2.17. The molecular formula is C20H28N4O2. The number of hydrogen-bond donors (Lipinski definition) is 1. The maximum atomic E-state index is 12.5. The topological polar surface area (TPSA) is 67.4 Å². The molecule has 140 valence electrons. The smallest absolute Gasteiger partial charge is 0.272 e. The Hall–Kier alpha value is -2.63. The summed E-state index contributed by atoms with van der Waals surface area (Å²) in [5.74, 6) is 1.26. The third-order valence-corrected chi connectivity index (χ3v) is 4.10. The van der Waals surface area contributed by atoms with Gasteiger partial charge in [-0.05, 0) is 43.5 Å². The van der Waals surface area contributed by atoms with Gasteiger partial charge in [0, 0.05) is 25.8 Å². The molecule has 2 rings (SSSR count). The molecule has 1 aromatic carbocycles. The molecule has 0 atom stereocenters. The number of unbranched alkanes of at least 4 members (excludes halogenated alkanes) is 1. The summed E-state index contributed by atoms with van der Waals surface area (Å²) in [6.45, 7) is 5.39. The lowest BCUT2D eigenvalue weighted by Crippen LogP contribution is -2.29. The van der Waals surface area contributed by atoms with Crippen LogP contribution < -0.4 is 10.1 Å². The molecule has 0 aliphatic rings. The molecular weight excluding hydrogens is 328 g/mol. The van der Waals surface area contributed by atoms with E-state index in [-0.39, 0.29) is 5.91 Å². The Morgan fingerprint density at radius 1 is 1.27 bits per heavy atom. The number of amides is 1. The van der Waals surface area contributed by atoms with Crippen LogP contribution in [0.5, 0.6) is 5.75 Å². The van der Waals surface area contributed by atoms with Crippen LogP contribution in [0.3, 0.4) is 0 Å². The summed E-state index contributed by atoms with van der Waals surface area (Å²) >= 11 is 0. The minimum Gasteiger partial charge on any atom is -0.497 e. The van der Waals surface area contributed by atoms with E-state index < -0.39 is 0 Å². The van der Waals surface area contributed by atoms with Gasteiger partial charge >= 0.3 is 0 Å². The van der Waals surface area contributed by atoms with E-state index in [1.165, 1.54) is 5.56 Å². The van der Waals surface area contributed by atoms with Gasteiger partial charge in [0.05, 0.1) is 7.11 Å². The lowest BCUT2D eigenvalue weighted by molar-refractivity contribution is 0.0787. The first-order valence-corrected chi connectivity index (χ1v) is 9.01. The van der Waals surface area contributed by atoms with Crippen LogP contribution in [0.25, 0.3) is 0 Å². The molecule has 0 radical (unpaired) electrons. The molecule has 0 unspecified atom stereocenters. The van der Waals surface area contributed by atoms with Crippen molar-refractivity contribution < 1.29 is 9.53 Å². The van der Waals surface area contributed by atoms with E-state index in [1.54, 1.807) is 18.1 Å². The summed E-state index contributed by atoms with van der Waals surface area (Å²) in [6.07, 6.45) is 2.85. The van der Waals surface area contributed by atoms with Crippen LogP contribution in [-0.2, 0) is 6.42 Å². The number of ether oxygens (including phenoxy) is 1. The molecule has 0 fully saturated rings. The van der Waals surface area contributed by atoms with Crippen molar-refractivity contribution in [2.45, 2.75) is 33.1 Å². The number of carbonyl (C=O) groups excluding carboxylic acids is 1. The number of aryl methyl sites for hydroxylation is 1. The number of benzene rings is 1. The van der Waals surface area contributed by atoms with Crippen molar-refractivity contribution in [3.63, 3.8) is 0 Å². The second-order valence-electron chi connectivity index (χ2n) is 6.33. The summed E-state index contributed by atoms with van der Waals surface area (Å²) in [5.41, 5.74) is 2.37. The largest absolute Gasteiger partial charge is 0.497 e. The molecule has 6 nitrogen and oxygen atoms in total. The van der Waals surface area contributed by atoms with Gasteiger partial charge in [0.1, 0.15) is 11.4 Å². The quantitative estimate of drug-likeness (QED) is 0.746. The zero-order valence-corrected chi connectivity index (χ0v) is 16.1. The van der Waals surface area contributed by atoms with E-state index in [4.69, 9.17) is 4.74 Å². The number of carbonyl (C=O) groups is 1. The molecule has 1 amide bonds. The highest BCUT2D eigenvalue weighted by atomic mass is 16.5. The summed E-state index contributed by atoms with van der Waals surface area (Å²) in [7, 11) is 3.47. The third-order valence-electron chi connectivity index (χ3n) is 4.10. The van der Waals surface area contributed by atoms with E-state index >= 15 is 0 Å². The first-order valence-electron chi connectivity index (χ1n) is 9.01. The van der Waals surface area contributed by atoms with E-state index in [1.807, 2.05) is 32.2 Å². The molecule has 1 aromatic heterocycles. The maximum absolute atomic E-state index is 12.5. The van der Waals surface area contributed by atoms with Crippen molar-refractivity contribution in [3.8, 4) is 5.75 Å². The van der Waals surface area contributed by atoms with Crippen molar-refractivity contribution in [1.82, 2.24) is 14.9 Å². The fourth-order valence-electron chi connectivity index (χ4n) is 2.60. The van der Waals surface area contributed by atoms with Gasteiger partial charge in [-0.3, -0.25) is 4.79 Å². The van der Waals surface area contributed by atoms with Crippen LogP contribution >= 0.6 is 0 Å². The summed E-state index contributed by atoms with van der Waals surface area (Å²) in [4.78, 5) is 23.0. The van der Waals surface area contributed by atoms with E-state index in [9.17, 15) is 4.79 Å². The van der Waals surface area contributed by atoms with Gasteiger partial charge in [0.15, 0.2) is 0 Å². The molecule has 26 heavy (non-hydrogen) atoms. The fourth-order valence-corrected chi connectivity index (χ4v) is 2.60. The minimum atomic E-state index is -0.0696. The van der Waals surface area contributed by atoms with Crippen LogP contribution in [0.4, 0.5) is 5.95 Å². The van der Waals surface area contributed by atoms with Crippen molar-refractivity contribution >= 4 is 11.9 Å². The highest BCUT2D eigenvalue weighted by Gasteiger charge is 2.14. The van der Waals surface area contributed by atoms with E-state index in [2.05, 4.69) is 28.3 Å². The number of rotatable bonds is 9.